The van der Waals surface area contributed by atoms with Crippen LogP contribution in [0.3, 0.4) is 0 Å². The first-order valence-corrected chi connectivity index (χ1v) is 7.61. The monoisotopic (exact) mass is 286 g/mol. The molecule has 0 spiro atoms. The number of hydrogen-bond donors (Lipinski definition) is 1. The van der Waals surface area contributed by atoms with Gasteiger partial charge >= 0.3 is 0 Å². The molecule has 1 fully saturated rings. The van der Waals surface area contributed by atoms with E-state index in [9.17, 15) is 0 Å². The quantitative estimate of drug-likeness (QED) is 0.935. The lowest BCUT2D eigenvalue weighted by Crippen LogP contribution is -2.48. The second kappa shape index (κ2) is 6.37. The predicted molar refractivity (Wildman–Crippen MR) is 81.4 cm³/mol. The Hall–Kier alpha value is -1.72. The van der Waals surface area contributed by atoms with E-state index < -0.39 is 0 Å². The minimum Gasteiger partial charge on any atom is -0.338 e. The standard InChI is InChI=1S/C16H22N4O/c1-12-6-5-9-14(10-17)20(12)11-15-18-16(19-21-15)13-7-3-2-4-8-13/h2-4,7-8,12,14H,5-6,9-11,17H2,1H3. The average Bonchev–Trinajstić information content (AvgIpc) is 2.99. The topological polar surface area (TPSA) is 68.2 Å². The van der Waals surface area contributed by atoms with Crippen molar-refractivity contribution in [2.45, 2.75) is 44.8 Å². The molecule has 0 saturated carbocycles. The summed E-state index contributed by atoms with van der Waals surface area (Å²) in [4.78, 5) is 6.91. The average molecular weight is 286 g/mol. The zero-order valence-corrected chi connectivity index (χ0v) is 12.4. The molecule has 2 atom stereocenters. The van der Waals surface area contributed by atoms with Gasteiger partial charge in [0.2, 0.25) is 11.7 Å². The van der Waals surface area contributed by atoms with E-state index in [1.54, 1.807) is 0 Å². The van der Waals surface area contributed by atoms with Crippen LogP contribution in [0.15, 0.2) is 34.9 Å². The van der Waals surface area contributed by atoms with Crippen molar-refractivity contribution in [2.24, 2.45) is 5.73 Å². The van der Waals surface area contributed by atoms with Crippen molar-refractivity contribution in [3.05, 3.63) is 36.2 Å². The molecule has 2 unspecified atom stereocenters. The molecule has 0 bridgehead atoms. The molecule has 5 heteroatoms. The van der Waals surface area contributed by atoms with Gasteiger partial charge in [-0.05, 0) is 19.8 Å². The van der Waals surface area contributed by atoms with Gasteiger partial charge in [0.15, 0.2) is 0 Å². The number of nitrogens with zero attached hydrogens (tertiary/aromatic N) is 3. The maximum Gasteiger partial charge on any atom is 0.241 e. The largest absolute Gasteiger partial charge is 0.338 e. The number of likely N-dealkylation sites (tertiary alicyclic amines) is 1. The molecule has 3 rings (SSSR count). The molecule has 0 amide bonds. The Balaban J connectivity index is 1.74. The highest BCUT2D eigenvalue weighted by atomic mass is 16.5. The Morgan fingerprint density at radius 1 is 1.29 bits per heavy atom. The van der Waals surface area contributed by atoms with Gasteiger partial charge in [-0.15, -0.1) is 0 Å². The van der Waals surface area contributed by atoms with Gasteiger partial charge in [-0.1, -0.05) is 41.9 Å². The molecule has 0 radical (unpaired) electrons. The number of nitrogens with two attached hydrogens (primary N) is 1. The van der Waals surface area contributed by atoms with Crippen LogP contribution in [0.1, 0.15) is 32.1 Å². The Kier molecular flexibility index (Phi) is 4.31. The van der Waals surface area contributed by atoms with Crippen LogP contribution in [0.5, 0.6) is 0 Å². The summed E-state index contributed by atoms with van der Waals surface area (Å²) in [7, 11) is 0. The van der Waals surface area contributed by atoms with Crippen LogP contribution in [0.4, 0.5) is 0 Å². The zero-order valence-electron chi connectivity index (χ0n) is 12.4. The molecule has 1 saturated heterocycles. The van der Waals surface area contributed by atoms with Crippen LogP contribution in [0.2, 0.25) is 0 Å². The second-order valence-electron chi connectivity index (χ2n) is 5.72. The summed E-state index contributed by atoms with van der Waals surface area (Å²) in [6, 6.07) is 10.8. The third-order valence-corrected chi connectivity index (χ3v) is 4.28. The predicted octanol–water partition coefficient (Wildman–Crippen LogP) is 2.44. The molecule has 0 aliphatic carbocycles. The van der Waals surface area contributed by atoms with Gasteiger partial charge in [-0.2, -0.15) is 4.98 Å². The highest BCUT2D eigenvalue weighted by Crippen LogP contribution is 2.24. The fourth-order valence-corrected chi connectivity index (χ4v) is 3.06. The summed E-state index contributed by atoms with van der Waals surface area (Å²) in [6.45, 7) is 3.61. The number of hydrogen-bond acceptors (Lipinski definition) is 5. The van der Waals surface area contributed by atoms with Gasteiger partial charge < -0.3 is 10.3 Å². The van der Waals surface area contributed by atoms with E-state index in [-0.39, 0.29) is 0 Å². The molecule has 21 heavy (non-hydrogen) atoms. The van der Waals surface area contributed by atoms with Crippen molar-refractivity contribution in [1.82, 2.24) is 15.0 Å². The van der Waals surface area contributed by atoms with E-state index >= 15 is 0 Å². The lowest BCUT2D eigenvalue weighted by atomic mass is 9.96. The van der Waals surface area contributed by atoms with Crippen molar-refractivity contribution < 1.29 is 4.52 Å². The molecule has 1 aromatic heterocycles. The molecule has 2 aromatic rings. The van der Waals surface area contributed by atoms with Gasteiger partial charge in [0, 0.05) is 24.2 Å². The van der Waals surface area contributed by atoms with E-state index in [4.69, 9.17) is 10.3 Å². The summed E-state index contributed by atoms with van der Waals surface area (Å²) < 4.78 is 5.42. The zero-order chi connectivity index (χ0) is 14.7. The molecule has 2 N–H and O–H groups in total. The van der Waals surface area contributed by atoms with E-state index in [0.29, 0.717) is 36.9 Å². The van der Waals surface area contributed by atoms with Crippen LogP contribution < -0.4 is 5.73 Å². The molecule has 5 nitrogen and oxygen atoms in total. The smallest absolute Gasteiger partial charge is 0.241 e. The highest BCUT2D eigenvalue weighted by molar-refractivity contribution is 5.53. The first kappa shape index (κ1) is 14.2. The van der Waals surface area contributed by atoms with Crippen LogP contribution in [-0.4, -0.2) is 33.7 Å². The molecular weight excluding hydrogens is 264 g/mol. The first-order valence-electron chi connectivity index (χ1n) is 7.61. The van der Waals surface area contributed by atoms with E-state index in [1.165, 1.54) is 12.8 Å². The van der Waals surface area contributed by atoms with Crippen molar-refractivity contribution in [1.29, 1.82) is 0 Å². The van der Waals surface area contributed by atoms with Crippen molar-refractivity contribution in [2.75, 3.05) is 6.54 Å². The number of rotatable bonds is 4. The van der Waals surface area contributed by atoms with E-state index in [2.05, 4.69) is 22.0 Å². The Morgan fingerprint density at radius 2 is 2.10 bits per heavy atom. The van der Waals surface area contributed by atoms with E-state index in [1.807, 2.05) is 30.3 Å². The summed E-state index contributed by atoms with van der Waals surface area (Å²) in [5.41, 5.74) is 6.88. The van der Waals surface area contributed by atoms with Crippen LogP contribution in [0, 0.1) is 0 Å². The summed E-state index contributed by atoms with van der Waals surface area (Å²) in [5.74, 6) is 1.32. The third-order valence-electron chi connectivity index (χ3n) is 4.28. The maximum absolute atomic E-state index is 5.90. The highest BCUT2D eigenvalue weighted by Gasteiger charge is 2.28. The number of aromatic nitrogens is 2. The first-order chi connectivity index (χ1) is 10.3. The lowest BCUT2D eigenvalue weighted by molar-refractivity contribution is 0.0770. The van der Waals surface area contributed by atoms with Crippen LogP contribution in [-0.2, 0) is 6.54 Å². The minimum absolute atomic E-state index is 0.417. The van der Waals surface area contributed by atoms with Crippen LogP contribution >= 0.6 is 0 Å². The number of benzene rings is 1. The Labute approximate surface area is 125 Å². The molecular formula is C16H22N4O. The van der Waals surface area contributed by atoms with Gasteiger partial charge in [-0.25, -0.2) is 0 Å². The molecule has 1 aliphatic rings. The molecule has 1 aliphatic heterocycles. The lowest BCUT2D eigenvalue weighted by Gasteiger charge is -2.39. The SMILES string of the molecule is CC1CCCC(CN)N1Cc1nc(-c2ccccc2)no1. The fraction of sp³-hybridized carbons (Fsp3) is 0.500. The molecule has 1 aromatic carbocycles. The van der Waals surface area contributed by atoms with Crippen LogP contribution in [0.25, 0.3) is 11.4 Å². The summed E-state index contributed by atoms with van der Waals surface area (Å²) >= 11 is 0. The fourth-order valence-electron chi connectivity index (χ4n) is 3.06. The Morgan fingerprint density at radius 3 is 2.86 bits per heavy atom. The second-order valence-corrected chi connectivity index (χ2v) is 5.72. The molecule has 112 valence electrons. The van der Waals surface area contributed by atoms with E-state index in [0.717, 1.165) is 12.0 Å². The van der Waals surface area contributed by atoms with Gasteiger partial charge in [-0.3, -0.25) is 4.90 Å². The summed E-state index contributed by atoms with van der Waals surface area (Å²) in [6.07, 6.45) is 3.61. The van der Waals surface area contributed by atoms with Crippen molar-refractivity contribution in [3.63, 3.8) is 0 Å². The van der Waals surface area contributed by atoms with Gasteiger partial charge in [0.1, 0.15) is 0 Å². The number of piperidine rings is 1. The normalized spacial score (nSPS) is 23.3. The Bertz CT molecular complexity index is 569. The maximum atomic E-state index is 5.90. The van der Waals surface area contributed by atoms with Gasteiger partial charge in [0.05, 0.1) is 6.54 Å². The summed E-state index contributed by atoms with van der Waals surface area (Å²) in [5, 5.41) is 4.08. The van der Waals surface area contributed by atoms with Gasteiger partial charge in [0.25, 0.3) is 0 Å². The van der Waals surface area contributed by atoms with Crippen molar-refractivity contribution >= 4 is 0 Å². The minimum atomic E-state index is 0.417. The third kappa shape index (κ3) is 3.14. The van der Waals surface area contributed by atoms with Crippen molar-refractivity contribution in [3.8, 4) is 11.4 Å². The molecule has 2 heterocycles.